The molecule has 2 saturated heterocycles. The van der Waals surface area contributed by atoms with Gasteiger partial charge in [-0.15, -0.1) is 0 Å². The van der Waals surface area contributed by atoms with E-state index in [9.17, 15) is 19.5 Å². The fraction of sp³-hybridized carbons (Fsp3) is 0.516. The van der Waals surface area contributed by atoms with Crippen molar-refractivity contribution in [2.45, 2.75) is 57.5 Å². The lowest BCUT2D eigenvalue weighted by Gasteiger charge is -2.32. The van der Waals surface area contributed by atoms with Gasteiger partial charge < -0.3 is 25.4 Å². The Morgan fingerprint density at radius 1 is 1.18 bits per heavy atom. The van der Waals surface area contributed by atoms with E-state index < -0.39 is 17.9 Å². The molecule has 2 aromatic rings. The average Bonchev–Trinajstić information content (AvgIpc) is 3.68. The second-order valence-corrected chi connectivity index (χ2v) is 11.1. The van der Waals surface area contributed by atoms with E-state index in [4.69, 9.17) is 10.5 Å². The Morgan fingerprint density at radius 3 is 2.75 bits per heavy atom. The molecule has 3 aliphatic heterocycles. The number of hydrogen-bond donors (Lipinski definition) is 2. The predicted molar refractivity (Wildman–Crippen MR) is 152 cm³/mol. The van der Waals surface area contributed by atoms with Gasteiger partial charge in [0.1, 0.15) is 5.75 Å². The number of carbonyl (C=O) groups excluding carboxylic acids is 2. The molecule has 0 unspecified atom stereocenters. The van der Waals surface area contributed by atoms with Gasteiger partial charge in [-0.2, -0.15) is 0 Å². The SMILES string of the molecule is CCCCN(C(=O)CN1C[C@H](c2ccc3c(c2)CCO3)[C@@H](C(=O)O)[C@@H]1CN1CCCC1=O)c1cccc(CN)c1. The normalized spacial score (nSPS) is 22.4. The van der Waals surface area contributed by atoms with Crippen LogP contribution in [0.4, 0.5) is 5.69 Å². The number of benzene rings is 2. The second-order valence-electron chi connectivity index (χ2n) is 11.1. The molecule has 3 aliphatic rings. The zero-order valence-corrected chi connectivity index (χ0v) is 23.3. The van der Waals surface area contributed by atoms with E-state index in [1.807, 2.05) is 41.3 Å². The van der Waals surface area contributed by atoms with Crippen LogP contribution >= 0.6 is 0 Å². The third-order valence-corrected chi connectivity index (χ3v) is 8.59. The van der Waals surface area contributed by atoms with E-state index >= 15 is 0 Å². The van der Waals surface area contributed by atoms with Crippen molar-refractivity contribution in [2.24, 2.45) is 11.7 Å². The summed E-state index contributed by atoms with van der Waals surface area (Å²) in [7, 11) is 0. The highest BCUT2D eigenvalue weighted by atomic mass is 16.5. The van der Waals surface area contributed by atoms with Crippen molar-refractivity contribution in [3.8, 4) is 5.75 Å². The van der Waals surface area contributed by atoms with Crippen molar-refractivity contribution in [2.75, 3.05) is 44.2 Å². The molecule has 0 saturated carbocycles. The smallest absolute Gasteiger partial charge is 0.308 e. The summed E-state index contributed by atoms with van der Waals surface area (Å²) in [5, 5.41) is 10.5. The number of fused-ring (bicyclic) bond motifs is 1. The molecule has 2 fully saturated rings. The van der Waals surface area contributed by atoms with Gasteiger partial charge >= 0.3 is 5.97 Å². The number of anilines is 1. The van der Waals surface area contributed by atoms with Crippen LogP contribution in [-0.4, -0.2) is 78.1 Å². The largest absolute Gasteiger partial charge is 0.493 e. The van der Waals surface area contributed by atoms with E-state index in [0.717, 1.165) is 53.8 Å². The molecule has 3 N–H and O–H groups in total. The number of carboxylic acids is 1. The molecule has 0 aromatic heterocycles. The number of aliphatic carboxylic acids is 1. The van der Waals surface area contributed by atoms with Crippen LogP contribution in [0.1, 0.15) is 55.2 Å². The number of rotatable bonds is 11. The third-order valence-electron chi connectivity index (χ3n) is 8.59. The van der Waals surface area contributed by atoms with Crippen molar-refractivity contribution in [3.63, 3.8) is 0 Å². The van der Waals surface area contributed by atoms with E-state index in [1.165, 1.54) is 0 Å². The monoisotopic (exact) mass is 548 g/mol. The van der Waals surface area contributed by atoms with Crippen LogP contribution in [-0.2, 0) is 27.3 Å². The van der Waals surface area contributed by atoms with E-state index in [-0.39, 0.29) is 24.3 Å². The standard InChI is InChI=1S/C31H40N4O5/c1-2-3-13-35(24-7-4-6-21(15-24)17-32)29(37)20-34-18-25(22-9-10-27-23(16-22)11-14-40-27)30(31(38)39)26(34)19-33-12-5-8-28(33)36/h4,6-7,9-10,15-16,25-26,30H,2-3,5,8,11-14,17-20,32H2,1H3,(H,38,39)/t25-,26+,30-/m1/s1. The van der Waals surface area contributed by atoms with Gasteiger partial charge in [0.05, 0.1) is 19.1 Å². The molecular weight excluding hydrogens is 508 g/mol. The molecule has 0 bridgehead atoms. The van der Waals surface area contributed by atoms with Gasteiger partial charge in [0.25, 0.3) is 0 Å². The molecule has 214 valence electrons. The number of carboxylic acid groups (broad SMARTS) is 1. The fourth-order valence-electron chi connectivity index (χ4n) is 6.44. The minimum atomic E-state index is -0.896. The Morgan fingerprint density at radius 2 is 2.02 bits per heavy atom. The molecule has 3 atom stereocenters. The Bertz CT molecular complexity index is 1250. The molecule has 0 radical (unpaired) electrons. The summed E-state index contributed by atoms with van der Waals surface area (Å²) in [6, 6.07) is 13.2. The van der Waals surface area contributed by atoms with Crippen LogP contribution < -0.4 is 15.4 Å². The number of nitrogens with two attached hydrogens (primary N) is 1. The number of carbonyl (C=O) groups is 3. The lowest BCUT2D eigenvalue weighted by atomic mass is 9.84. The zero-order chi connectivity index (χ0) is 28.2. The predicted octanol–water partition coefficient (Wildman–Crippen LogP) is 3.00. The molecule has 2 aromatic carbocycles. The molecule has 40 heavy (non-hydrogen) atoms. The number of amides is 2. The summed E-state index contributed by atoms with van der Waals surface area (Å²) in [6.07, 6.45) is 3.85. The summed E-state index contributed by atoms with van der Waals surface area (Å²) >= 11 is 0. The Balaban J connectivity index is 1.45. The molecule has 3 heterocycles. The number of likely N-dealkylation sites (tertiary alicyclic amines) is 2. The molecule has 2 amide bonds. The second kappa shape index (κ2) is 12.4. The summed E-state index contributed by atoms with van der Waals surface area (Å²) < 4.78 is 5.67. The van der Waals surface area contributed by atoms with Crippen molar-refractivity contribution < 1.29 is 24.2 Å². The first-order chi connectivity index (χ1) is 19.4. The zero-order valence-electron chi connectivity index (χ0n) is 23.3. The minimum Gasteiger partial charge on any atom is -0.493 e. The first-order valence-electron chi connectivity index (χ1n) is 14.5. The summed E-state index contributed by atoms with van der Waals surface area (Å²) in [6.45, 7) is 5.12. The number of unbranched alkanes of at least 4 members (excludes halogenated alkanes) is 1. The van der Waals surface area contributed by atoms with Gasteiger partial charge in [-0.1, -0.05) is 37.6 Å². The molecule has 0 aliphatic carbocycles. The Labute approximate surface area is 235 Å². The van der Waals surface area contributed by atoms with Crippen LogP contribution in [0, 0.1) is 5.92 Å². The van der Waals surface area contributed by atoms with Crippen molar-refractivity contribution in [1.82, 2.24) is 9.80 Å². The number of ether oxygens (including phenoxy) is 1. The average molecular weight is 549 g/mol. The molecule has 9 nitrogen and oxygen atoms in total. The molecule has 0 spiro atoms. The summed E-state index contributed by atoms with van der Waals surface area (Å²) in [5.41, 5.74) is 9.66. The van der Waals surface area contributed by atoms with Crippen LogP contribution in [0.25, 0.3) is 0 Å². The quantitative estimate of drug-likeness (QED) is 0.443. The highest BCUT2D eigenvalue weighted by Gasteiger charge is 2.48. The maximum absolute atomic E-state index is 13.9. The number of hydrogen-bond acceptors (Lipinski definition) is 6. The van der Waals surface area contributed by atoms with Crippen LogP contribution in [0.2, 0.25) is 0 Å². The summed E-state index contributed by atoms with van der Waals surface area (Å²) in [5.74, 6) is -1.11. The topological polar surface area (TPSA) is 116 Å². The molecular formula is C31H40N4O5. The van der Waals surface area contributed by atoms with Gasteiger partial charge in [-0.25, -0.2) is 0 Å². The van der Waals surface area contributed by atoms with Crippen LogP contribution in [0.3, 0.4) is 0 Å². The van der Waals surface area contributed by atoms with Gasteiger partial charge in [0.15, 0.2) is 0 Å². The Kier molecular flexibility index (Phi) is 8.71. The van der Waals surface area contributed by atoms with Gasteiger partial charge in [-0.3, -0.25) is 19.3 Å². The maximum Gasteiger partial charge on any atom is 0.308 e. The first-order valence-corrected chi connectivity index (χ1v) is 14.5. The third kappa shape index (κ3) is 5.86. The fourth-order valence-corrected chi connectivity index (χ4v) is 6.44. The van der Waals surface area contributed by atoms with Crippen LogP contribution in [0.15, 0.2) is 42.5 Å². The summed E-state index contributed by atoms with van der Waals surface area (Å²) in [4.78, 5) is 44.9. The minimum absolute atomic E-state index is 0.0525. The van der Waals surface area contributed by atoms with Gasteiger partial charge in [-0.05, 0) is 47.7 Å². The van der Waals surface area contributed by atoms with E-state index in [0.29, 0.717) is 45.8 Å². The number of nitrogens with zero attached hydrogens (tertiary/aromatic N) is 3. The molecule has 9 heteroatoms. The van der Waals surface area contributed by atoms with Gasteiger partial charge in [0, 0.05) is 63.2 Å². The maximum atomic E-state index is 13.9. The van der Waals surface area contributed by atoms with E-state index in [2.05, 4.69) is 13.0 Å². The first kappa shape index (κ1) is 28.1. The lowest BCUT2D eigenvalue weighted by molar-refractivity contribution is -0.144. The van der Waals surface area contributed by atoms with Gasteiger partial charge in [0.2, 0.25) is 11.8 Å². The lowest BCUT2D eigenvalue weighted by Crippen LogP contribution is -2.49. The van der Waals surface area contributed by atoms with Crippen molar-refractivity contribution in [1.29, 1.82) is 0 Å². The van der Waals surface area contributed by atoms with Crippen molar-refractivity contribution in [3.05, 3.63) is 59.2 Å². The van der Waals surface area contributed by atoms with Crippen molar-refractivity contribution >= 4 is 23.5 Å². The van der Waals surface area contributed by atoms with Crippen LogP contribution in [0.5, 0.6) is 5.75 Å². The Hall–Kier alpha value is -3.43. The highest BCUT2D eigenvalue weighted by Crippen LogP contribution is 2.40. The molecule has 5 rings (SSSR count). The highest BCUT2D eigenvalue weighted by molar-refractivity contribution is 5.95. The van der Waals surface area contributed by atoms with E-state index in [1.54, 1.807) is 9.80 Å².